The van der Waals surface area contributed by atoms with Crippen LogP contribution in [-0.4, -0.2) is 45.0 Å². The van der Waals surface area contributed by atoms with E-state index in [1.165, 1.54) is 52.8 Å². The monoisotopic (exact) mass is 372 g/mol. The third kappa shape index (κ3) is 3.91. The summed E-state index contributed by atoms with van der Waals surface area (Å²) in [6.45, 7) is 1.38. The van der Waals surface area contributed by atoms with E-state index in [2.05, 4.69) is 0 Å². The number of benzene rings is 2. The first-order valence-corrected chi connectivity index (χ1v) is 9.35. The number of hydrogen-bond acceptors (Lipinski definition) is 6. The summed E-state index contributed by atoms with van der Waals surface area (Å²) in [7, 11) is -3.58. The molecule has 1 fully saturated rings. The highest BCUT2D eigenvalue weighted by atomic mass is 32.2. The number of sulfonamides is 1. The fourth-order valence-electron chi connectivity index (χ4n) is 2.46. The molecule has 0 unspecified atom stereocenters. The van der Waals surface area contributed by atoms with Gasteiger partial charge in [0.2, 0.25) is 10.0 Å². The Labute approximate surface area is 151 Å². The fraction of sp³-hybridized carbons (Fsp3) is 0.222. The molecule has 2 aromatic carbocycles. The standard InChI is InChI=1S/C18H16N2O5S/c19-13-14-1-3-15(4-2-14)18(21)25-16-5-7-17(8-6-16)26(22,23)20-9-11-24-12-10-20/h1-8H,9-12H2. The number of rotatable bonds is 4. The molecule has 0 amide bonds. The lowest BCUT2D eigenvalue weighted by molar-refractivity contribution is 0.0728. The molecule has 7 nitrogen and oxygen atoms in total. The van der Waals surface area contributed by atoms with Gasteiger partial charge < -0.3 is 9.47 Å². The molecule has 3 rings (SSSR count). The van der Waals surface area contributed by atoms with Crippen molar-refractivity contribution in [2.45, 2.75) is 4.90 Å². The van der Waals surface area contributed by atoms with E-state index in [4.69, 9.17) is 14.7 Å². The number of nitrogens with zero attached hydrogens (tertiary/aromatic N) is 2. The second kappa shape index (κ2) is 7.66. The van der Waals surface area contributed by atoms with Crippen LogP contribution in [0.1, 0.15) is 15.9 Å². The Balaban J connectivity index is 1.71. The first-order valence-electron chi connectivity index (χ1n) is 7.91. The van der Waals surface area contributed by atoms with Gasteiger partial charge >= 0.3 is 5.97 Å². The van der Waals surface area contributed by atoms with Gasteiger partial charge in [-0.25, -0.2) is 13.2 Å². The lowest BCUT2D eigenvalue weighted by atomic mass is 10.1. The molecular formula is C18H16N2O5S. The van der Waals surface area contributed by atoms with Gasteiger partial charge in [-0.2, -0.15) is 9.57 Å². The number of hydrogen-bond donors (Lipinski definition) is 0. The number of carbonyl (C=O) groups excluding carboxylic acids is 1. The lowest BCUT2D eigenvalue weighted by Gasteiger charge is -2.26. The lowest BCUT2D eigenvalue weighted by Crippen LogP contribution is -2.40. The second-order valence-electron chi connectivity index (χ2n) is 5.57. The smallest absolute Gasteiger partial charge is 0.343 e. The largest absolute Gasteiger partial charge is 0.423 e. The Morgan fingerprint density at radius 3 is 2.23 bits per heavy atom. The molecule has 0 spiro atoms. The normalized spacial score (nSPS) is 15.2. The summed E-state index contributed by atoms with van der Waals surface area (Å²) in [4.78, 5) is 12.2. The molecule has 0 saturated carbocycles. The third-order valence-corrected chi connectivity index (χ3v) is 5.80. The van der Waals surface area contributed by atoms with E-state index in [9.17, 15) is 13.2 Å². The van der Waals surface area contributed by atoms with Crippen LogP contribution in [-0.2, 0) is 14.8 Å². The van der Waals surface area contributed by atoms with Crippen molar-refractivity contribution in [3.8, 4) is 11.8 Å². The van der Waals surface area contributed by atoms with E-state index in [0.29, 0.717) is 37.4 Å². The summed E-state index contributed by atoms with van der Waals surface area (Å²) in [5.74, 6) is -0.349. The Morgan fingerprint density at radius 1 is 1.04 bits per heavy atom. The summed E-state index contributed by atoms with van der Waals surface area (Å²) < 4.78 is 36.9. The average molecular weight is 372 g/mol. The number of esters is 1. The Bertz CT molecular complexity index is 925. The van der Waals surface area contributed by atoms with Gasteiger partial charge in [0.25, 0.3) is 0 Å². The maximum atomic E-state index is 12.5. The molecule has 0 aromatic heterocycles. The fourth-order valence-corrected chi connectivity index (χ4v) is 3.87. The summed E-state index contributed by atoms with van der Waals surface area (Å²) in [6.07, 6.45) is 0. The summed E-state index contributed by atoms with van der Waals surface area (Å²) >= 11 is 0. The van der Waals surface area contributed by atoms with Crippen LogP contribution >= 0.6 is 0 Å². The molecule has 0 atom stereocenters. The van der Waals surface area contributed by atoms with Crippen LogP contribution in [0.4, 0.5) is 0 Å². The molecule has 26 heavy (non-hydrogen) atoms. The van der Waals surface area contributed by atoms with Crippen LogP contribution in [0.15, 0.2) is 53.4 Å². The van der Waals surface area contributed by atoms with E-state index in [1.807, 2.05) is 6.07 Å². The zero-order valence-corrected chi connectivity index (χ0v) is 14.6. The van der Waals surface area contributed by atoms with E-state index in [0.717, 1.165) is 0 Å². The number of morpholine rings is 1. The van der Waals surface area contributed by atoms with Gasteiger partial charge in [-0.15, -0.1) is 0 Å². The van der Waals surface area contributed by atoms with Crippen molar-refractivity contribution in [2.75, 3.05) is 26.3 Å². The topological polar surface area (TPSA) is 96.7 Å². The van der Waals surface area contributed by atoms with Crippen LogP contribution in [0, 0.1) is 11.3 Å². The average Bonchev–Trinajstić information content (AvgIpc) is 2.69. The van der Waals surface area contributed by atoms with Crippen molar-refractivity contribution in [1.29, 1.82) is 5.26 Å². The van der Waals surface area contributed by atoms with E-state index in [-0.39, 0.29) is 10.6 Å². The van der Waals surface area contributed by atoms with Gasteiger partial charge in [-0.3, -0.25) is 0 Å². The van der Waals surface area contributed by atoms with Gasteiger partial charge in [0.1, 0.15) is 5.75 Å². The van der Waals surface area contributed by atoms with Crippen molar-refractivity contribution >= 4 is 16.0 Å². The van der Waals surface area contributed by atoms with Crippen molar-refractivity contribution in [1.82, 2.24) is 4.31 Å². The molecule has 8 heteroatoms. The third-order valence-electron chi connectivity index (χ3n) is 3.89. The van der Waals surface area contributed by atoms with E-state index in [1.54, 1.807) is 0 Å². The van der Waals surface area contributed by atoms with Gasteiger partial charge in [0.05, 0.1) is 35.3 Å². The van der Waals surface area contributed by atoms with Gasteiger partial charge in [-0.1, -0.05) is 0 Å². The molecule has 0 bridgehead atoms. The molecule has 2 aromatic rings. The molecule has 1 aliphatic heterocycles. The van der Waals surface area contributed by atoms with Crippen molar-refractivity contribution in [2.24, 2.45) is 0 Å². The van der Waals surface area contributed by atoms with Crippen LogP contribution in [0.2, 0.25) is 0 Å². The van der Waals surface area contributed by atoms with Crippen molar-refractivity contribution in [3.05, 3.63) is 59.7 Å². The zero-order chi connectivity index (χ0) is 18.6. The summed E-state index contributed by atoms with van der Waals surface area (Å²) in [5, 5.41) is 8.76. The zero-order valence-electron chi connectivity index (χ0n) is 13.8. The van der Waals surface area contributed by atoms with Crippen LogP contribution < -0.4 is 4.74 Å². The molecule has 1 heterocycles. The molecule has 0 aliphatic carbocycles. The maximum absolute atomic E-state index is 12.5. The molecule has 1 aliphatic rings. The van der Waals surface area contributed by atoms with Gasteiger partial charge in [-0.05, 0) is 48.5 Å². The minimum absolute atomic E-state index is 0.137. The molecule has 134 valence electrons. The Morgan fingerprint density at radius 2 is 1.65 bits per heavy atom. The maximum Gasteiger partial charge on any atom is 0.343 e. The Kier molecular flexibility index (Phi) is 5.32. The first kappa shape index (κ1) is 18.1. The summed E-state index contributed by atoms with van der Waals surface area (Å²) in [6, 6.07) is 13.7. The number of ether oxygens (including phenoxy) is 2. The molecule has 0 radical (unpaired) electrons. The second-order valence-corrected chi connectivity index (χ2v) is 7.50. The van der Waals surface area contributed by atoms with Crippen LogP contribution in [0.5, 0.6) is 5.75 Å². The highest BCUT2D eigenvalue weighted by molar-refractivity contribution is 7.89. The van der Waals surface area contributed by atoms with E-state index >= 15 is 0 Å². The van der Waals surface area contributed by atoms with Gasteiger partial charge in [0, 0.05) is 13.1 Å². The SMILES string of the molecule is N#Cc1ccc(C(=O)Oc2ccc(S(=O)(=O)N3CCOCC3)cc2)cc1. The predicted molar refractivity (Wildman–Crippen MR) is 92.1 cm³/mol. The number of carbonyl (C=O) groups is 1. The molecule has 1 saturated heterocycles. The first-order chi connectivity index (χ1) is 12.5. The number of nitriles is 1. The van der Waals surface area contributed by atoms with Gasteiger partial charge in [0.15, 0.2) is 0 Å². The minimum Gasteiger partial charge on any atom is -0.423 e. The van der Waals surface area contributed by atoms with E-state index < -0.39 is 16.0 Å². The Hall–Kier alpha value is -2.73. The summed E-state index contributed by atoms with van der Waals surface area (Å²) in [5.41, 5.74) is 0.744. The van der Waals surface area contributed by atoms with Crippen molar-refractivity contribution in [3.63, 3.8) is 0 Å². The predicted octanol–water partition coefficient (Wildman–Crippen LogP) is 1.80. The highest BCUT2D eigenvalue weighted by Crippen LogP contribution is 2.21. The molecule has 0 N–H and O–H groups in total. The highest BCUT2D eigenvalue weighted by Gasteiger charge is 2.26. The van der Waals surface area contributed by atoms with Crippen LogP contribution in [0.3, 0.4) is 0 Å². The van der Waals surface area contributed by atoms with Crippen molar-refractivity contribution < 1.29 is 22.7 Å². The molecular weight excluding hydrogens is 356 g/mol. The minimum atomic E-state index is -3.58. The van der Waals surface area contributed by atoms with Crippen LogP contribution in [0.25, 0.3) is 0 Å². The quantitative estimate of drug-likeness (QED) is 0.600.